The first-order valence-electron chi connectivity index (χ1n) is 10.5. The van der Waals surface area contributed by atoms with Gasteiger partial charge >= 0.3 is 6.03 Å². The van der Waals surface area contributed by atoms with E-state index in [9.17, 15) is 9.59 Å². The highest BCUT2D eigenvalue weighted by Crippen LogP contribution is 2.29. The van der Waals surface area contributed by atoms with Crippen LogP contribution in [0.2, 0.25) is 5.02 Å². The lowest BCUT2D eigenvalue weighted by molar-refractivity contribution is 0.102. The number of benzene rings is 3. The molecule has 0 bridgehead atoms. The summed E-state index contributed by atoms with van der Waals surface area (Å²) in [5.41, 5.74) is 3.71. The number of halogens is 1. The van der Waals surface area contributed by atoms with Gasteiger partial charge in [0.05, 0.1) is 27.0 Å². The zero-order valence-electron chi connectivity index (χ0n) is 18.2. The summed E-state index contributed by atoms with van der Waals surface area (Å²) in [6.07, 6.45) is 0.765. The van der Waals surface area contributed by atoms with Crippen LogP contribution in [0.5, 0.6) is 0 Å². The second kappa shape index (κ2) is 10.0. The molecule has 1 aromatic heterocycles. The number of aromatic nitrogens is 1. The number of nitrogens with zero attached hydrogens (tertiary/aromatic N) is 1. The molecule has 33 heavy (non-hydrogen) atoms. The quantitative estimate of drug-likeness (QED) is 0.285. The minimum atomic E-state index is -0.322. The third-order valence-corrected chi connectivity index (χ3v) is 6.50. The molecule has 3 aromatic carbocycles. The number of rotatable bonds is 6. The smallest absolute Gasteiger partial charge is 0.321 e. The number of amides is 3. The molecule has 0 fully saturated rings. The Balaban J connectivity index is 1.46. The third-order valence-electron chi connectivity index (χ3n) is 5.25. The molecule has 6 nitrogen and oxygen atoms in total. The minimum Gasteiger partial charge on any atom is -0.331 e. The van der Waals surface area contributed by atoms with Crippen LogP contribution in [0.1, 0.15) is 40.9 Å². The highest BCUT2D eigenvalue weighted by atomic mass is 35.5. The van der Waals surface area contributed by atoms with Gasteiger partial charge < -0.3 is 10.6 Å². The monoisotopic (exact) mass is 478 g/mol. The van der Waals surface area contributed by atoms with Crippen molar-refractivity contribution in [3.8, 4) is 0 Å². The van der Waals surface area contributed by atoms with Gasteiger partial charge in [0.2, 0.25) is 0 Å². The van der Waals surface area contributed by atoms with E-state index in [4.69, 9.17) is 11.6 Å². The number of fused-ring (bicyclic) bond motifs is 1. The molecule has 4 aromatic rings. The summed E-state index contributed by atoms with van der Waals surface area (Å²) in [6, 6.07) is 20.1. The molecule has 0 saturated carbocycles. The Morgan fingerprint density at radius 2 is 1.82 bits per heavy atom. The van der Waals surface area contributed by atoms with Gasteiger partial charge in [-0.05, 0) is 48.7 Å². The molecule has 3 N–H and O–H groups in total. The Morgan fingerprint density at radius 3 is 2.55 bits per heavy atom. The molecule has 3 amide bonds. The van der Waals surface area contributed by atoms with Gasteiger partial charge in [-0.1, -0.05) is 72.3 Å². The standard InChI is InChI=1S/C25H23ClN4O2S/c1-3-19(16-9-5-4-6-10-16)27-24(32)30-25-28-20-13-12-17(14-21(20)33-25)23(31)29-22-15(2)8-7-11-18(22)26/h4-14,19H,3H2,1-2H3,(H,29,31)(H2,27,28,30,32). The van der Waals surface area contributed by atoms with E-state index in [-0.39, 0.29) is 18.0 Å². The molecule has 0 spiro atoms. The Hall–Kier alpha value is -3.42. The predicted molar refractivity (Wildman–Crippen MR) is 135 cm³/mol. The fourth-order valence-corrected chi connectivity index (χ4v) is 4.66. The normalized spacial score (nSPS) is 11.7. The highest BCUT2D eigenvalue weighted by Gasteiger charge is 2.16. The Labute approximate surface area is 201 Å². The van der Waals surface area contributed by atoms with Gasteiger partial charge in [-0.3, -0.25) is 10.1 Å². The van der Waals surface area contributed by atoms with Crippen LogP contribution < -0.4 is 16.0 Å². The number of nitrogens with one attached hydrogen (secondary N) is 3. The lowest BCUT2D eigenvalue weighted by Crippen LogP contribution is -2.32. The number of anilines is 2. The van der Waals surface area contributed by atoms with Gasteiger partial charge in [-0.25, -0.2) is 9.78 Å². The molecule has 1 unspecified atom stereocenters. The number of aryl methyl sites for hydroxylation is 1. The molecular formula is C25H23ClN4O2S. The van der Waals surface area contributed by atoms with E-state index in [2.05, 4.69) is 20.9 Å². The van der Waals surface area contributed by atoms with Crippen molar-refractivity contribution >= 4 is 55.9 Å². The number of carbonyl (C=O) groups is 2. The first-order valence-corrected chi connectivity index (χ1v) is 11.7. The van der Waals surface area contributed by atoms with Crippen LogP contribution in [0, 0.1) is 6.92 Å². The average Bonchev–Trinajstić information content (AvgIpc) is 3.21. The molecular weight excluding hydrogens is 456 g/mol. The number of urea groups is 1. The van der Waals surface area contributed by atoms with Crippen molar-refractivity contribution in [2.45, 2.75) is 26.3 Å². The molecule has 8 heteroatoms. The highest BCUT2D eigenvalue weighted by molar-refractivity contribution is 7.22. The largest absolute Gasteiger partial charge is 0.331 e. The Bertz CT molecular complexity index is 1290. The minimum absolute atomic E-state index is 0.0934. The van der Waals surface area contributed by atoms with Crippen LogP contribution >= 0.6 is 22.9 Å². The number of carbonyl (C=O) groups excluding carboxylic acids is 2. The first-order chi connectivity index (χ1) is 15.9. The topological polar surface area (TPSA) is 83.1 Å². The summed E-state index contributed by atoms with van der Waals surface area (Å²) in [7, 11) is 0. The van der Waals surface area contributed by atoms with Crippen LogP contribution in [-0.4, -0.2) is 16.9 Å². The maximum atomic E-state index is 12.8. The zero-order valence-corrected chi connectivity index (χ0v) is 19.8. The fraction of sp³-hybridized carbons (Fsp3) is 0.160. The van der Waals surface area contributed by atoms with Crippen LogP contribution in [0.15, 0.2) is 66.7 Å². The molecule has 4 rings (SSSR count). The average molecular weight is 479 g/mol. The number of hydrogen-bond acceptors (Lipinski definition) is 4. The van der Waals surface area contributed by atoms with Crippen LogP contribution in [-0.2, 0) is 0 Å². The second-order valence-corrected chi connectivity index (χ2v) is 9.00. The molecule has 168 valence electrons. The van der Waals surface area contributed by atoms with E-state index >= 15 is 0 Å². The molecule has 0 saturated heterocycles. The number of thiazole rings is 1. The van der Waals surface area contributed by atoms with Crippen molar-refractivity contribution in [3.63, 3.8) is 0 Å². The maximum absolute atomic E-state index is 12.8. The van der Waals surface area contributed by atoms with Gasteiger partial charge in [0.15, 0.2) is 5.13 Å². The summed E-state index contributed by atoms with van der Waals surface area (Å²) in [5, 5.41) is 9.62. The summed E-state index contributed by atoms with van der Waals surface area (Å²) in [6.45, 7) is 3.91. The summed E-state index contributed by atoms with van der Waals surface area (Å²) >= 11 is 7.54. The molecule has 0 aliphatic carbocycles. The fourth-order valence-electron chi connectivity index (χ4n) is 3.49. The summed E-state index contributed by atoms with van der Waals surface area (Å²) < 4.78 is 0.795. The third kappa shape index (κ3) is 5.32. The van der Waals surface area contributed by atoms with Crippen molar-refractivity contribution in [2.24, 2.45) is 0 Å². The summed E-state index contributed by atoms with van der Waals surface area (Å²) in [4.78, 5) is 29.8. The lowest BCUT2D eigenvalue weighted by atomic mass is 10.1. The molecule has 0 aliphatic rings. The predicted octanol–water partition coefficient (Wildman–Crippen LogP) is 6.78. The number of para-hydroxylation sites is 1. The maximum Gasteiger partial charge on any atom is 0.321 e. The van der Waals surface area contributed by atoms with E-state index in [0.717, 1.165) is 22.2 Å². The van der Waals surface area contributed by atoms with Gasteiger partial charge in [0.25, 0.3) is 5.91 Å². The molecule has 0 aliphatic heterocycles. The SMILES string of the molecule is CCC(NC(=O)Nc1nc2ccc(C(=O)Nc3c(C)cccc3Cl)cc2s1)c1ccccc1. The van der Waals surface area contributed by atoms with Gasteiger partial charge in [0.1, 0.15) is 0 Å². The zero-order chi connectivity index (χ0) is 23.4. The second-order valence-electron chi connectivity index (χ2n) is 7.56. The van der Waals surface area contributed by atoms with Crippen LogP contribution in [0.25, 0.3) is 10.2 Å². The van der Waals surface area contributed by atoms with Crippen molar-refractivity contribution < 1.29 is 9.59 Å². The van der Waals surface area contributed by atoms with E-state index in [1.54, 1.807) is 24.3 Å². The van der Waals surface area contributed by atoms with Gasteiger partial charge in [-0.15, -0.1) is 0 Å². The van der Waals surface area contributed by atoms with Crippen molar-refractivity contribution in [1.29, 1.82) is 0 Å². The van der Waals surface area contributed by atoms with E-state index < -0.39 is 0 Å². The Morgan fingerprint density at radius 1 is 1.03 bits per heavy atom. The van der Waals surface area contributed by atoms with E-state index in [0.29, 0.717) is 26.9 Å². The molecule has 1 atom stereocenters. The van der Waals surface area contributed by atoms with Gasteiger partial charge in [0, 0.05) is 5.56 Å². The van der Waals surface area contributed by atoms with Crippen molar-refractivity contribution in [2.75, 3.05) is 10.6 Å². The lowest BCUT2D eigenvalue weighted by Gasteiger charge is -2.17. The van der Waals surface area contributed by atoms with Gasteiger partial charge in [-0.2, -0.15) is 0 Å². The van der Waals surface area contributed by atoms with Crippen molar-refractivity contribution in [1.82, 2.24) is 10.3 Å². The molecule has 1 heterocycles. The first kappa shape index (κ1) is 22.8. The van der Waals surface area contributed by atoms with Crippen LogP contribution in [0.4, 0.5) is 15.6 Å². The van der Waals surface area contributed by atoms with Crippen molar-refractivity contribution in [3.05, 3.63) is 88.4 Å². The Kier molecular flexibility index (Phi) is 6.91. The van der Waals surface area contributed by atoms with E-state index in [1.165, 1.54) is 11.3 Å². The van der Waals surface area contributed by atoms with Crippen LogP contribution in [0.3, 0.4) is 0 Å². The van der Waals surface area contributed by atoms with E-state index in [1.807, 2.05) is 56.3 Å². The molecule has 0 radical (unpaired) electrons. The number of hydrogen-bond donors (Lipinski definition) is 3. The summed E-state index contributed by atoms with van der Waals surface area (Å²) in [5.74, 6) is -0.262.